The molecule has 1 aromatic heterocycles. The van der Waals surface area contributed by atoms with Crippen molar-refractivity contribution in [2.75, 3.05) is 27.2 Å². The second kappa shape index (κ2) is 6.05. The molecule has 1 aliphatic heterocycles. The molecular weight excluding hydrogens is 272 g/mol. The number of fused-ring (bicyclic) bond motifs is 3. The zero-order chi connectivity index (χ0) is 15.7. The average molecular weight is 300 g/mol. The summed E-state index contributed by atoms with van der Waals surface area (Å²) in [5.41, 5.74) is 4.13. The van der Waals surface area contributed by atoms with Gasteiger partial charge in [-0.25, -0.2) is 0 Å². The van der Waals surface area contributed by atoms with Crippen LogP contribution in [0.1, 0.15) is 37.9 Å². The van der Waals surface area contributed by atoms with Crippen LogP contribution < -0.4 is 0 Å². The third-order valence-electron chi connectivity index (χ3n) is 4.83. The van der Waals surface area contributed by atoms with Crippen LogP contribution in [-0.2, 0) is 23.3 Å². The minimum atomic E-state index is -0.175. The molecule has 0 spiro atoms. The van der Waals surface area contributed by atoms with Crippen molar-refractivity contribution < 1.29 is 4.74 Å². The molecule has 1 aliphatic rings. The third kappa shape index (κ3) is 2.57. The van der Waals surface area contributed by atoms with Gasteiger partial charge in [0.15, 0.2) is 0 Å². The molecule has 0 N–H and O–H groups in total. The van der Waals surface area contributed by atoms with Crippen LogP contribution in [0.3, 0.4) is 0 Å². The number of para-hydroxylation sites is 1. The van der Waals surface area contributed by atoms with Gasteiger partial charge < -0.3 is 14.2 Å². The SMILES string of the molecule is CCCn1c2c(c3ccccc31)CCOC2(C)CCN(C)C. The lowest BCUT2D eigenvalue weighted by atomic mass is 9.89. The molecule has 0 fully saturated rings. The smallest absolute Gasteiger partial charge is 0.107 e. The number of aromatic nitrogens is 1. The highest BCUT2D eigenvalue weighted by Gasteiger charge is 2.37. The van der Waals surface area contributed by atoms with Crippen LogP contribution in [-0.4, -0.2) is 36.7 Å². The molecule has 120 valence electrons. The van der Waals surface area contributed by atoms with E-state index in [0.29, 0.717) is 0 Å². The predicted molar refractivity (Wildman–Crippen MR) is 92.4 cm³/mol. The fourth-order valence-electron chi connectivity index (χ4n) is 3.76. The van der Waals surface area contributed by atoms with Crippen LogP contribution in [0.2, 0.25) is 0 Å². The predicted octanol–water partition coefficient (Wildman–Crippen LogP) is 3.79. The van der Waals surface area contributed by atoms with Crippen LogP contribution in [0.15, 0.2) is 24.3 Å². The Morgan fingerprint density at radius 2 is 2.05 bits per heavy atom. The van der Waals surface area contributed by atoms with Gasteiger partial charge in [-0.05, 0) is 51.9 Å². The summed E-state index contributed by atoms with van der Waals surface area (Å²) in [7, 11) is 4.27. The first-order chi connectivity index (χ1) is 10.6. The largest absolute Gasteiger partial charge is 0.369 e. The van der Waals surface area contributed by atoms with E-state index in [2.05, 4.69) is 61.7 Å². The molecule has 0 bridgehead atoms. The van der Waals surface area contributed by atoms with E-state index >= 15 is 0 Å². The van der Waals surface area contributed by atoms with E-state index in [1.54, 1.807) is 0 Å². The summed E-state index contributed by atoms with van der Waals surface area (Å²) in [6.45, 7) is 7.47. The normalized spacial score (nSPS) is 21.5. The Balaban J connectivity index is 2.15. The highest BCUT2D eigenvalue weighted by Crippen LogP contribution is 2.41. The molecule has 1 atom stereocenters. The summed E-state index contributed by atoms with van der Waals surface area (Å²) in [6, 6.07) is 8.84. The summed E-state index contributed by atoms with van der Waals surface area (Å²) in [6.07, 6.45) is 3.21. The van der Waals surface area contributed by atoms with E-state index in [1.165, 1.54) is 22.2 Å². The Bertz CT molecular complexity index is 659. The molecule has 3 rings (SSSR count). The number of rotatable bonds is 5. The number of ether oxygens (including phenoxy) is 1. The van der Waals surface area contributed by atoms with E-state index < -0.39 is 0 Å². The first-order valence-corrected chi connectivity index (χ1v) is 8.46. The van der Waals surface area contributed by atoms with E-state index in [9.17, 15) is 0 Å². The number of hydrogen-bond acceptors (Lipinski definition) is 2. The van der Waals surface area contributed by atoms with Crippen molar-refractivity contribution in [1.29, 1.82) is 0 Å². The molecule has 0 amide bonds. The summed E-state index contributed by atoms with van der Waals surface area (Å²) >= 11 is 0. The van der Waals surface area contributed by atoms with Gasteiger partial charge in [-0.3, -0.25) is 0 Å². The van der Waals surface area contributed by atoms with Gasteiger partial charge in [-0.15, -0.1) is 0 Å². The van der Waals surface area contributed by atoms with Gasteiger partial charge >= 0.3 is 0 Å². The van der Waals surface area contributed by atoms with Crippen molar-refractivity contribution in [3.63, 3.8) is 0 Å². The van der Waals surface area contributed by atoms with Gasteiger partial charge in [0.25, 0.3) is 0 Å². The molecular formula is C19H28N2O. The third-order valence-corrected chi connectivity index (χ3v) is 4.83. The van der Waals surface area contributed by atoms with Gasteiger partial charge in [0.1, 0.15) is 5.60 Å². The quantitative estimate of drug-likeness (QED) is 0.836. The molecule has 0 radical (unpaired) electrons. The van der Waals surface area contributed by atoms with Crippen molar-refractivity contribution in [1.82, 2.24) is 9.47 Å². The maximum atomic E-state index is 6.31. The fourth-order valence-corrected chi connectivity index (χ4v) is 3.76. The molecule has 22 heavy (non-hydrogen) atoms. The van der Waals surface area contributed by atoms with Gasteiger partial charge in [0.05, 0.1) is 12.3 Å². The average Bonchev–Trinajstić information content (AvgIpc) is 2.82. The zero-order valence-corrected chi connectivity index (χ0v) is 14.4. The lowest BCUT2D eigenvalue weighted by molar-refractivity contribution is -0.0605. The maximum Gasteiger partial charge on any atom is 0.107 e. The van der Waals surface area contributed by atoms with Crippen LogP contribution >= 0.6 is 0 Å². The molecule has 3 nitrogen and oxygen atoms in total. The molecule has 2 heterocycles. The molecule has 1 unspecified atom stereocenters. The Labute approximate surface area is 133 Å². The van der Waals surface area contributed by atoms with Gasteiger partial charge in [-0.1, -0.05) is 25.1 Å². The fraction of sp³-hybridized carbons (Fsp3) is 0.579. The lowest BCUT2D eigenvalue weighted by Gasteiger charge is -2.37. The van der Waals surface area contributed by atoms with Crippen molar-refractivity contribution >= 4 is 10.9 Å². The van der Waals surface area contributed by atoms with E-state index in [4.69, 9.17) is 4.74 Å². The molecule has 0 saturated carbocycles. The summed E-state index contributed by atoms with van der Waals surface area (Å²) in [5.74, 6) is 0. The van der Waals surface area contributed by atoms with Gasteiger partial charge in [0, 0.05) is 24.0 Å². The van der Waals surface area contributed by atoms with Crippen LogP contribution in [0.5, 0.6) is 0 Å². The Kier molecular flexibility index (Phi) is 4.28. The second-order valence-electron chi connectivity index (χ2n) is 6.88. The van der Waals surface area contributed by atoms with Gasteiger partial charge in [0.2, 0.25) is 0 Å². The summed E-state index contributed by atoms with van der Waals surface area (Å²) < 4.78 is 8.82. The minimum Gasteiger partial charge on any atom is -0.369 e. The second-order valence-corrected chi connectivity index (χ2v) is 6.88. The standard InChI is InChI=1S/C19H28N2O/c1-5-12-21-17-9-7-6-8-15(17)16-10-14-22-19(2,18(16)21)11-13-20(3)4/h6-9H,5,10-14H2,1-4H3. The number of hydrogen-bond donors (Lipinski definition) is 0. The molecule has 0 aliphatic carbocycles. The van der Waals surface area contributed by atoms with Crippen molar-refractivity contribution in [2.45, 2.75) is 45.3 Å². The molecule has 3 heteroatoms. The molecule has 2 aromatic rings. The minimum absolute atomic E-state index is 0.175. The van der Waals surface area contributed by atoms with Crippen LogP contribution in [0.25, 0.3) is 10.9 Å². The number of nitrogens with zero attached hydrogens (tertiary/aromatic N) is 2. The summed E-state index contributed by atoms with van der Waals surface area (Å²) in [5, 5.41) is 1.42. The van der Waals surface area contributed by atoms with E-state index in [1.807, 2.05) is 0 Å². The first-order valence-electron chi connectivity index (χ1n) is 8.46. The highest BCUT2D eigenvalue weighted by atomic mass is 16.5. The first kappa shape index (κ1) is 15.6. The molecule has 1 aromatic carbocycles. The Hall–Kier alpha value is -1.32. The number of aryl methyl sites for hydroxylation is 1. The Morgan fingerprint density at radius 1 is 1.27 bits per heavy atom. The van der Waals surface area contributed by atoms with E-state index in [-0.39, 0.29) is 5.60 Å². The monoisotopic (exact) mass is 300 g/mol. The van der Waals surface area contributed by atoms with Crippen LogP contribution in [0, 0.1) is 0 Å². The maximum absolute atomic E-state index is 6.31. The number of benzene rings is 1. The van der Waals surface area contributed by atoms with Crippen molar-refractivity contribution in [3.05, 3.63) is 35.5 Å². The Morgan fingerprint density at radius 3 is 2.77 bits per heavy atom. The lowest BCUT2D eigenvalue weighted by Crippen LogP contribution is -2.37. The zero-order valence-electron chi connectivity index (χ0n) is 14.4. The molecule has 0 saturated heterocycles. The van der Waals surface area contributed by atoms with Crippen LogP contribution in [0.4, 0.5) is 0 Å². The highest BCUT2D eigenvalue weighted by molar-refractivity contribution is 5.86. The van der Waals surface area contributed by atoms with Crippen molar-refractivity contribution in [2.24, 2.45) is 0 Å². The summed E-state index contributed by atoms with van der Waals surface area (Å²) in [4.78, 5) is 2.25. The topological polar surface area (TPSA) is 17.4 Å². The van der Waals surface area contributed by atoms with E-state index in [0.717, 1.165) is 39.0 Å². The van der Waals surface area contributed by atoms with Gasteiger partial charge in [-0.2, -0.15) is 0 Å². The van der Waals surface area contributed by atoms with Crippen molar-refractivity contribution in [3.8, 4) is 0 Å².